The molecular weight excluding hydrogens is 374 g/mol. The van der Waals surface area contributed by atoms with Crippen molar-refractivity contribution in [1.29, 1.82) is 0 Å². The van der Waals surface area contributed by atoms with E-state index in [1.165, 1.54) is 0 Å². The van der Waals surface area contributed by atoms with Crippen molar-refractivity contribution in [3.63, 3.8) is 0 Å². The summed E-state index contributed by atoms with van der Waals surface area (Å²) in [6.45, 7) is 0. The highest BCUT2D eigenvalue weighted by molar-refractivity contribution is 5.87. The summed E-state index contributed by atoms with van der Waals surface area (Å²) in [6.07, 6.45) is 0. The number of aromatic nitrogens is 1. The predicted octanol–water partition coefficient (Wildman–Crippen LogP) is 6.05. The SMILES string of the molecule is COc1ccc(-c2cc(-c3ccc(OC)cc3)n(C)c2-c2ccc(OC)cc2)cc1. The molecule has 0 saturated carbocycles. The molecular formula is C26H25NO3. The molecule has 0 radical (unpaired) electrons. The van der Waals surface area contributed by atoms with Gasteiger partial charge in [0.1, 0.15) is 17.2 Å². The summed E-state index contributed by atoms with van der Waals surface area (Å²) in [4.78, 5) is 0. The fourth-order valence-electron chi connectivity index (χ4n) is 3.73. The molecule has 0 atom stereocenters. The highest BCUT2D eigenvalue weighted by Crippen LogP contribution is 2.39. The lowest BCUT2D eigenvalue weighted by atomic mass is 10.0. The number of hydrogen-bond acceptors (Lipinski definition) is 3. The Morgan fingerprint density at radius 1 is 0.533 bits per heavy atom. The zero-order valence-corrected chi connectivity index (χ0v) is 17.7. The van der Waals surface area contributed by atoms with E-state index < -0.39 is 0 Å². The summed E-state index contributed by atoms with van der Waals surface area (Å²) in [6, 6.07) is 26.7. The van der Waals surface area contributed by atoms with Crippen LogP contribution in [0.1, 0.15) is 0 Å². The summed E-state index contributed by atoms with van der Waals surface area (Å²) >= 11 is 0. The van der Waals surface area contributed by atoms with Gasteiger partial charge in [-0.15, -0.1) is 0 Å². The van der Waals surface area contributed by atoms with Gasteiger partial charge in [0.25, 0.3) is 0 Å². The standard InChI is InChI=1S/C26H25NO3/c1-27-25(19-7-13-22(29-3)14-8-19)17-24(18-5-11-21(28-2)12-6-18)26(27)20-9-15-23(30-4)16-10-20/h5-17H,1-4H3. The minimum absolute atomic E-state index is 0.842. The van der Waals surface area contributed by atoms with Gasteiger partial charge in [0, 0.05) is 18.3 Å². The van der Waals surface area contributed by atoms with Gasteiger partial charge in [-0.1, -0.05) is 12.1 Å². The molecule has 4 aromatic rings. The van der Waals surface area contributed by atoms with E-state index in [0.717, 1.165) is 50.9 Å². The van der Waals surface area contributed by atoms with Crippen molar-refractivity contribution in [2.75, 3.05) is 21.3 Å². The second-order valence-corrected chi connectivity index (χ2v) is 7.04. The van der Waals surface area contributed by atoms with Crippen LogP contribution in [0.25, 0.3) is 33.6 Å². The number of ether oxygens (including phenoxy) is 3. The van der Waals surface area contributed by atoms with Gasteiger partial charge in [-0.25, -0.2) is 0 Å². The third kappa shape index (κ3) is 3.64. The maximum Gasteiger partial charge on any atom is 0.118 e. The molecule has 1 aromatic heterocycles. The summed E-state index contributed by atoms with van der Waals surface area (Å²) in [5, 5.41) is 0. The van der Waals surface area contributed by atoms with Crippen LogP contribution in [-0.4, -0.2) is 25.9 Å². The summed E-state index contributed by atoms with van der Waals surface area (Å²) in [5.74, 6) is 2.53. The molecule has 0 N–H and O–H groups in total. The van der Waals surface area contributed by atoms with Gasteiger partial charge in [0.2, 0.25) is 0 Å². The second-order valence-electron chi connectivity index (χ2n) is 7.04. The molecule has 0 spiro atoms. The van der Waals surface area contributed by atoms with E-state index in [2.05, 4.69) is 54.1 Å². The number of benzene rings is 3. The zero-order valence-electron chi connectivity index (χ0n) is 17.7. The van der Waals surface area contributed by atoms with Crippen molar-refractivity contribution in [3.05, 3.63) is 78.9 Å². The van der Waals surface area contributed by atoms with E-state index in [0.29, 0.717) is 0 Å². The second kappa shape index (κ2) is 8.37. The first-order valence-corrected chi connectivity index (χ1v) is 9.77. The smallest absolute Gasteiger partial charge is 0.118 e. The highest BCUT2D eigenvalue weighted by atomic mass is 16.5. The van der Waals surface area contributed by atoms with Crippen LogP contribution in [-0.2, 0) is 7.05 Å². The monoisotopic (exact) mass is 399 g/mol. The predicted molar refractivity (Wildman–Crippen MR) is 121 cm³/mol. The Labute approximate surface area is 177 Å². The van der Waals surface area contributed by atoms with E-state index >= 15 is 0 Å². The highest BCUT2D eigenvalue weighted by Gasteiger charge is 2.17. The average Bonchev–Trinajstić information content (AvgIpc) is 3.16. The Morgan fingerprint density at radius 3 is 1.37 bits per heavy atom. The molecule has 0 amide bonds. The first-order valence-electron chi connectivity index (χ1n) is 9.77. The molecule has 3 aromatic carbocycles. The van der Waals surface area contributed by atoms with E-state index in [-0.39, 0.29) is 0 Å². The van der Waals surface area contributed by atoms with E-state index in [9.17, 15) is 0 Å². The molecule has 4 rings (SSSR count). The number of rotatable bonds is 6. The fourth-order valence-corrected chi connectivity index (χ4v) is 3.73. The van der Waals surface area contributed by atoms with Crippen LogP contribution in [0.4, 0.5) is 0 Å². The van der Waals surface area contributed by atoms with E-state index in [4.69, 9.17) is 14.2 Å². The zero-order chi connectivity index (χ0) is 21.1. The van der Waals surface area contributed by atoms with Crippen LogP contribution >= 0.6 is 0 Å². The Morgan fingerprint density at radius 2 is 0.933 bits per heavy atom. The molecule has 152 valence electrons. The van der Waals surface area contributed by atoms with Gasteiger partial charge in [-0.05, 0) is 83.4 Å². The topological polar surface area (TPSA) is 32.6 Å². The van der Waals surface area contributed by atoms with Crippen LogP contribution in [0.2, 0.25) is 0 Å². The molecule has 4 heteroatoms. The summed E-state index contributed by atoms with van der Waals surface area (Å²) in [5.41, 5.74) is 6.84. The average molecular weight is 399 g/mol. The molecule has 0 aliphatic heterocycles. The lowest BCUT2D eigenvalue weighted by molar-refractivity contribution is 0.414. The van der Waals surface area contributed by atoms with Crippen molar-refractivity contribution in [2.45, 2.75) is 0 Å². The van der Waals surface area contributed by atoms with Crippen LogP contribution in [0.15, 0.2) is 78.9 Å². The molecule has 0 aliphatic carbocycles. The third-order valence-electron chi connectivity index (χ3n) is 5.38. The maximum atomic E-state index is 5.34. The number of nitrogens with zero attached hydrogens (tertiary/aromatic N) is 1. The van der Waals surface area contributed by atoms with Crippen LogP contribution in [0.5, 0.6) is 17.2 Å². The third-order valence-corrected chi connectivity index (χ3v) is 5.38. The molecule has 0 bridgehead atoms. The molecule has 4 nitrogen and oxygen atoms in total. The van der Waals surface area contributed by atoms with Gasteiger partial charge in [0.15, 0.2) is 0 Å². The minimum Gasteiger partial charge on any atom is -0.497 e. The maximum absolute atomic E-state index is 5.34. The lowest BCUT2D eigenvalue weighted by Gasteiger charge is -2.11. The van der Waals surface area contributed by atoms with Crippen molar-refractivity contribution in [3.8, 4) is 50.9 Å². The Bertz CT molecular complexity index is 1120. The molecule has 30 heavy (non-hydrogen) atoms. The number of methoxy groups -OCH3 is 3. The first-order chi connectivity index (χ1) is 14.6. The quantitative estimate of drug-likeness (QED) is 0.395. The normalized spacial score (nSPS) is 10.7. The molecule has 0 fully saturated rings. The summed E-state index contributed by atoms with van der Waals surface area (Å²) in [7, 11) is 7.15. The van der Waals surface area contributed by atoms with Gasteiger partial charge in [-0.3, -0.25) is 0 Å². The van der Waals surface area contributed by atoms with Crippen molar-refractivity contribution in [2.24, 2.45) is 7.05 Å². The van der Waals surface area contributed by atoms with Crippen molar-refractivity contribution in [1.82, 2.24) is 4.57 Å². The summed E-state index contributed by atoms with van der Waals surface area (Å²) < 4.78 is 18.2. The lowest BCUT2D eigenvalue weighted by Crippen LogP contribution is -1.96. The molecule has 0 unspecified atom stereocenters. The largest absolute Gasteiger partial charge is 0.497 e. The van der Waals surface area contributed by atoms with Gasteiger partial charge in [-0.2, -0.15) is 0 Å². The van der Waals surface area contributed by atoms with E-state index in [1.807, 2.05) is 36.4 Å². The minimum atomic E-state index is 0.842. The van der Waals surface area contributed by atoms with Gasteiger partial charge in [0.05, 0.1) is 27.0 Å². The Kier molecular flexibility index (Phi) is 5.48. The van der Waals surface area contributed by atoms with Crippen LogP contribution in [0.3, 0.4) is 0 Å². The number of hydrogen-bond donors (Lipinski definition) is 0. The first kappa shape index (κ1) is 19.6. The fraction of sp³-hybridized carbons (Fsp3) is 0.154. The van der Waals surface area contributed by atoms with Gasteiger partial charge >= 0.3 is 0 Å². The van der Waals surface area contributed by atoms with Crippen LogP contribution in [0, 0.1) is 0 Å². The van der Waals surface area contributed by atoms with Gasteiger partial charge < -0.3 is 18.8 Å². The molecule has 0 saturated heterocycles. The van der Waals surface area contributed by atoms with Crippen molar-refractivity contribution < 1.29 is 14.2 Å². The Balaban J connectivity index is 1.89. The van der Waals surface area contributed by atoms with Crippen LogP contribution < -0.4 is 14.2 Å². The molecule has 1 heterocycles. The van der Waals surface area contributed by atoms with E-state index in [1.54, 1.807) is 21.3 Å². The Hall–Kier alpha value is -3.66. The molecule has 0 aliphatic rings. The van der Waals surface area contributed by atoms with Crippen molar-refractivity contribution >= 4 is 0 Å².